The fraction of sp³-hybridized carbons (Fsp3) is 0.250. The lowest BCUT2D eigenvalue weighted by atomic mass is 10.2. The van der Waals surface area contributed by atoms with Crippen molar-refractivity contribution in [3.63, 3.8) is 0 Å². The molecule has 0 aliphatic carbocycles. The van der Waals surface area contributed by atoms with E-state index in [2.05, 4.69) is 4.98 Å². The van der Waals surface area contributed by atoms with Gasteiger partial charge in [0.05, 0.1) is 6.54 Å². The van der Waals surface area contributed by atoms with Gasteiger partial charge in [-0.1, -0.05) is 18.2 Å². The molecule has 1 unspecified atom stereocenters. The van der Waals surface area contributed by atoms with Crippen LogP contribution in [-0.4, -0.2) is 46.0 Å². The predicted molar refractivity (Wildman–Crippen MR) is 99.4 cm³/mol. The van der Waals surface area contributed by atoms with Crippen molar-refractivity contribution in [2.45, 2.75) is 13.0 Å². The molecular weight excluding hydrogens is 346 g/mol. The van der Waals surface area contributed by atoms with Gasteiger partial charge in [-0.25, -0.2) is 4.98 Å². The van der Waals surface area contributed by atoms with Crippen molar-refractivity contribution in [3.8, 4) is 11.5 Å². The van der Waals surface area contributed by atoms with Gasteiger partial charge in [0.25, 0.3) is 11.5 Å². The van der Waals surface area contributed by atoms with E-state index in [4.69, 9.17) is 9.47 Å². The highest BCUT2D eigenvalue weighted by Crippen LogP contribution is 2.31. The Kier molecular flexibility index (Phi) is 4.50. The monoisotopic (exact) mass is 365 g/mol. The van der Waals surface area contributed by atoms with E-state index >= 15 is 0 Å². The van der Waals surface area contributed by atoms with Crippen LogP contribution in [0.15, 0.2) is 59.7 Å². The molecular formula is C20H19N3O4. The van der Waals surface area contributed by atoms with Crippen LogP contribution in [0.1, 0.15) is 17.3 Å². The van der Waals surface area contributed by atoms with Crippen molar-refractivity contribution >= 4 is 11.6 Å². The van der Waals surface area contributed by atoms with Crippen molar-refractivity contribution in [1.29, 1.82) is 0 Å². The molecule has 0 fully saturated rings. The van der Waals surface area contributed by atoms with Crippen LogP contribution in [0.2, 0.25) is 0 Å². The molecule has 1 amide bonds. The number of benzene rings is 1. The zero-order chi connectivity index (χ0) is 18.8. The Bertz CT molecular complexity index is 1050. The maximum Gasteiger partial charge on any atom is 0.270 e. The van der Waals surface area contributed by atoms with Gasteiger partial charge < -0.3 is 14.4 Å². The molecule has 1 aliphatic heterocycles. The van der Waals surface area contributed by atoms with E-state index in [1.54, 1.807) is 29.3 Å². The average molecular weight is 365 g/mol. The highest BCUT2D eigenvalue weighted by molar-refractivity contribution is 5.93. The van der Waals surface area contributed by atoms with Crippen molar-refractivity contribution in [1.82, 2.24) is 14.3 Å². The molecule has 2 aromatic heterocycles. The lowest BCUT2D eigenvalue weighted by Gasteiger charge is -2.30. The van der Waals surface area contributed by atoms with Crippen LogP contribution in [0.3, 0.4) is 0 Å². The second-order valence-electron chi connectivity index (χ2n) is 6.25. The minimum Gasteiger partial charge on any atom is -0.486 e. The van der Waals surface area contributed by atoms with Gasteiger partial charge in [0.15, 0.2) is 17.6 Å². The van der Waals surface area contributed by atoms with Crippen LogP contribution < -0.4 is 15.0 Å². The van der Waals surface area contributed by atoms with Crippen LogP contribution >= 0.6 is 0 Å². The first kappa shape index (κ1) is 17.1. The first-order chi connectivity index (χ1) is 13.2. The molecule has 4 rings (SSSR count). The molecule has 7 nitrogen and oxygen atoms in total. The van der Waals surface area contributed by atoms with E-state index in [9.17, 15) is 9.59 Å². The molecule has 27 heavy (non-hydrogen) atoms. The SMILES string of the molecule is CCN(CC1COc2ccccc2O1)C(=O)c1cnc2ccccn2c1=O. The second kappa shape index (κ2) is 7.11. The molecule has 0 saturated carbocycles. The van der Waals surface area contributed by atoms with Crippen molar-refractivity contribution < 1.29 is 14.3 Å². The fourth-order valence-electron chi connectivity index (χ4n) is 3.10. The van der Waals surface area contributed by atoms with Crippen molar-refractivity contribution in [2.24, 2.45) is 0 Å². The third-order valence-electron chi connectivity index (χ3n) is 4.50. The van der Waals surface area contributed by atoms with Crippen molar-refractivity contribution in [3.05, 3.63) is 70.8 Å². The summed E-state index contributed by atoms with van der Waals surface area (Å²) >= 11 is 0. The number of hydrogen-bond acceptors (Lipinski definition) is 5. The van der Waals surface area contributed by atoms with Gasteiger partial charge in [-0.3, -0.25) is 14.0 Å². The predicted octanol–water partition coefficient (Wildman–Crippen LogP) is 2.00. The van der Waals surface area contributed by atoms with Crippen LogP contribution in [0.5, 0.6) is 11.5 Å². The van der Waals surface area contributed by atoms with Crippen LogP contribution in [0.25, 0.3) is 5.65 Å². The van der Waals surface area contributed by atoms with E-state index in [0.29, 0.717) is 36.8 Å². The van der Waals surface area contributed by atoms with Gasteiger partial charge in [-0.15, -0.1) is 0 Å². The fourth-order valence-corrected chi connectivity index (χ4v) is 3.10. The summed E-state index contributed by atoms with van der Waals surface area (Å²) in [4.78, 5) is 31.4. The molecule has 3 aromatic rings. The van der Waals surface area contributed by atoms with E-state index < -0.39 is 0 Å². The summed E-state index contributed by atoms with van der Waals surface area (Å²) in [7, 11) is 0. The summed E-state index contributed by atoms with van der Waals surface area (Å²) in [5.74, 6) is 0.987. The number of carbonyl (C=O) groups excluding carboxylic acids is 1. The number of hydrogen-bond donors (Lipinski definition) is 0. The number of pyridine rings is 1. The average Bonchev–Trinajstić information content (AvgIpc) is 2.72. The van der Waals surface area contributed by atoms with Gasteiger partial charge in [-0.05, 0) is 31.2 Å². The standard InChI is InChI=1S/C20H19N3O4/c1-2-22(12-14-13-26-16-7-3-4-8-17(16)27-14)19(24)15-11-21-18-9-5-6-10-23(18)20(15)25/h3-11,14H,2,12-13H2,1H3. The number of likely N-dealkylation sites (N-methyl/N-ethyl adjacent to an activating group) is 1. The number of ether oxygens (including phenoxy) is 2. The topological polar surface area (TPSA) is 73.1 Å². The summed E-state index contributed by atoms with van der Waals surface area (Å²) in [6, 6.07) is 12.7. The molecule has 3 heterocycles. The Balaban J connectivity index is 1.56. The number of nitrogens with zero attached hydrogens (tertiary/aromatic N) is 3. The number of para-hydroxylation sites is 2. The molecule has 0 spiro atoms. The Morgan fingerprint density at radius 1 is 1.22 bits per heavy atom. The summed E-state index contributed by atoms with van der Waals surface area (Å²) < 4.78 is 13.0. The Morgan fingerprint density at radius 2 is 2.00 bits per heavy atom. The molecule has 0 saturated heterocycles. The first-order valence-corrected chi connectivity index (χ1v) is 8.81. The molecule has 1 aromatic carbocycles. The Hall–Kier alpha value is -3.35. The summed E-state index contributed by atoms with van der Waals surface area (Å²) in [5, 5.41) is 0. The first-order valence-electron chi connectivity index (χ1n) is 8.81. The number of carbonyl (C=O) groups is 1. The molecule has 0 N–H and O–H groups in total. The zero-order valence-electron chi connectivity index (χ0n) is 14.9. The Labute approximate surface area is 155 Å². The third kappa shape index (κ3) is 3.23. The molecule has 7 heteroatoms. The second-order valence-corrected chi connectivity index (χ2v) is 6.25. The minimum atomic E-state index is -0.379. The van der Waals surface area contributed by atoms with Gasteiger partial charge >= 0.3 is 0 Å². The summed E-state index contributed by atoms with van der Waals surface area (Å²) in [6.07, 6.45) is 2.64. The number of amides is 1. The number of fused-ring (bicyclic) bond motifs is 2. The smallest absolute Gasteiger partial charge is 0.270 e. The van der Waals surface area contributed by atoms with Gasteiger partial charge in [0, 0.05) is 18.9 Å². The maximum absolute atomic E-state index is 12.9. The largest absolute Gasteiger partial charge is 0.486 e. The quantitative estimate of drug-likeness (QED) is 0.707. The van der Waals surface area contributed by atoms with Gasteiger partial charge in [0.1, 0.15) is 17.8 Å². The number of rotatable bonds is 4. The third-order valence-corrected chi connectivity index (χ3v) is 4.50. The van der Waals surface area contributed by atoms with Gasteiger partial charge in [-0.2, -0.15) is 0 Å². The van der Waals surface area contributed by atoms with Crippen LogP contribution in [-0.2, 0) is 0 Å². The van der Waals surface area contributed by atoms with E-state index in [1.165, 1.54) is 10.6 Å². The zero-order valence-corrected chi connectivity index (χ0v) is 14.9. The molecule has 0 bridgehead atoms. The number of aromatic nitrogens is 2. The van der Waals surface area contributed by atoms with E-state index in [0.717, 1.165) is 0 Å². The molecule has 138 valence electrons. The van der Waals surface area contributed by atoms with Crippen molar-refractivity contribution in [2.75, 3.05) is 19.7 Å². The normalized spacial score (nSPS) is 15.5. The molecule has 0 radical (unpaired) electrons. The van der Waals surface area contributed by atoms with Crippen LogP contribution in [0.4, 0.5) is 0 Å². The van der Waals surface area contributed by atoms with E-state index in [1.807, 2.05) is 31.2 Å². The molecule has 1 aliphatic rings. The lowest BCUT2D eigenvalue weighted by molar-refractivity contribution is 0.0473. The highest BCUT2D eigenvalue weighted by Gasteiger charge is 2.26. The lowest BCUT2D eigenvalue weighted by Crippen LogP contribution is -2.45. The summed E-state index contributed by atoms with van der Waals surface area (Å²) in [6.45, 7) is 2.97. The van der Waals surface area contributed by atoms with Gasteiger partial charge in [0.2, 0.25) is 0 Å². The van der Waals surface area contributed by atoms with E-state index in [-0.39, 0.29) is 23.1 Å². The highest BCUT2D eigenvalue weighted by atomic mass is 16.6. The Morgan fingerprint density at radius 3 is 2.81 bits per heavy atom. The molecule has 1 atom stereocenters. The summed E-state index contributed by atoms with van der Waals surface area (Å²) in [5.41, 5.74) is 0.163. The maximum atomic E-state index is 12.9. The van der Waals surface area contributed by atoms with Crippen LogP contribution in [0, 0.1) is 0 Å². The minimum absolute atomic E-state index is 0.0395.